The van der Waals surface area contributed by atoms with Crippen molar-refractivity contribution in [2.75, 3.05) is 26.3 Å². The quantitative estimate of drug-likeness (QED) is 0.680. The molecule has 3 nitrogen and oxygen atoms in total. The van der Waals surface area contributed by atoms with Crippen LogP contribution in [0, 0.1) is 0 Å². The molecule has 0 aliphatic carbocycles. The van der Waals surface area contributed by atoms with Crippen LogP contribution in [0.25, 0.3) is 0 Å². The minimum absolute atomic E-state index is 0.0350. The van der Waals surface area contributed by atoms with Crippen molar-refractivity contribution in [1.82, 2.24) is 4.90 Å². The molecule has 1 N–H and O–H groups in total. The molecule has 0 saturated carbocycles. The monoisotopic (exact) mass is 201 g/mol. The van der Waals surface area contributed by atoms with Gasteiger partial charge in [0.25, 0.3) is 0 Å². The Kier molecular flexibility index (Phi) is 5.45. The Bertz CT molecular complexity index is 152. The lowest BCUT2D eigenvalue weighted by Crippen LogP contribution is -2.49. The Labute approximate surface area is 87.1 Å². The lowest BCUT2D eigenvalue weighted by atomic mass is 10.1. The molecule has 3 heteroatoms. The standard InChI is InChI=1S/C11H23NO2/c1-3-4-5-6-12-7-11(8-13)14-9-10(12)2/h10-11,13H,3-9H2,1-2H3. The second-order valence-electron chi connectivity index (χ2n) is 4.19. The van der Waals surface area contributed by atoms with Gasteiger partial charge in [0.15, 0.2) is 0 Å². The fourth-order valence-electron chi connectivity index (χ4n) is 1.86. The number of hydrogen-bond acceptors (Lipinski definition) is 3. The highest BCUT2D eigenvalue weighted by Gasteiger charge is 2.24. The predicted octanol–water partition coefficient (Wildman–Crippen LogP) is 1.26. The molecular formula is C11H23NO2. The van der Waals surface area contributed by atoms with Gasteiger partial charge >= 0.3 is 0 Å². The maximum Gasteiger partial charge on any atom is 0.0933 e. The number of hydrogen-bond donors (Lipinski definition) is 1. The summed E-state index contributed by atoms with van der Waals surface area (Å²) < 4.78 is 5.48. The summed E-state index contributed by atoms with van der Waals surface area (Å²) >= 11 is 0. The van der Waals surface area contributed by atoms with E-state index < -0.39 is 0 Å². The lowest BCUT2D eigenvalue weighted by molar-refractivity contribution is -0.0779. The Morgan fingerprint density at radius 3 is 2.86 bits per heavy atom. The van der Waals surface area contributed by atoms with E-state index in [1.807, 2.05) is 0 Å². The van der Waals surface area contributed by atoms with Crippen LogP contribution in [0.5, 0.6) is 0 Å². The SMILES string of the molecule is CCCCCN1CC(CO)OCC1C. The number of ether oxygens (including phenoxy) is 1. The summed E-state index contributed by atoms with van der Waals surface area (Å²) in [4.78, 5) is 2.43. The fraction of sp³-hybridized carbons (Fsp3) is 1.00. The van der Waals surface area contributed by atoms with Crippen LogP contribution >= 0.6 is 0 Å². The van der Waals surface area contributed by atoms with Crippen molar-refractivity contribution in [1.29, 1.82) is 0 Å². The summed E-state index contributed by atoms with van der Waals surface area (Å²) in [6.45, 7) is 7.36. The van der Waals surface area contributed by atoms with Crippen LogP contribution in [-0.4, -0.2) is 48.5 Å². The van der Waals surface area contributed by atoms with E-state index in [2.05, 4.69) is 18.7 Å². The molecule has 1 saturated heterocycles. The van der Waals surface area contributed by atoms with Gasteiger partial charge in [-0.15, -0.1) is 0 Å². The van der Waals surface area contributed by atoms with Crippen molar-refractivity contribution in [3.63, 3.8) is 0 Å². The van der Waals surface area contributed by atoms with Crippen LogP contribution in [0.1, 0.15) is 33.1 Å². The number of nitrogens with zero attached hydrogens (tertiary/aromatic N) is 1. The fourth-order valence-corrected chi connectivity index (χ4v) is 1.86. The maximum atomic E-state index is 9.01. The summed E-state index contributed by atoms with van der Waals surface area (Å²) in [5.41, 5.74) is 0. The first-order valence-electron chi connectivity index (χ1n) is 5.74. The zero-order valence-electron chi connectivity index (χ0n) is 9.41. The second-order valence-corrected chi connectivity index (χ2v) is 4.19. The first-order valence-corrected chi connectivity index (χ1v) is 5.74. The Morgan fingerprint density at radius 2 is 2.21 bits per heavy atom. The molecular weight excluding hydrogens is 178 g/mol. The van der Waals surface area contributed by atoms with Crippen LogP contribution in [0.4, 0.5) is 0 Å². The second kappa shape index (κ2) is 6.38. The molecule has 2 atom stereocenters. The van der Waals surface area contributed by atoms with E-state index in [-0.39, 0.29) is 12.7 Å². The van der Waals surface area contributed by atoms with Gasteiger partial charge in [-0.1, -0.05) is 19.8 Å². The molecule has 0 aromatic rings. The van der Waals surface area contributed by atoms with Crippen molar-refractivity contribution in [3.8, 4) is 0 Å². The summed E-state index contributed by atoms with van der Waals surface area (Å²) in [5.74, 6) is 0. The van der Waals surface area contributed by atoms with E-state index in [4.69, 9.17) is 9.84 Å². The smallest absolute Gasteiger partial charge is 0.0933 e. The third-order valence-corrected chi connectivity index (χ3v) is 2.89. The Hall–Kier alpha value is -0.120. The van der Waals surface area contributed by atoms with Crippen LogP contribution in [-0.2, 0) is 4.74 Å². The number of morpholine rings is 1. The van der Waals surface area contributed by atoms with E-state index in [1.165, 1.54) is 19.3 Å². The highest BCUT2D eigenvalue weighted by molar-refractivity contribution is 4.76. The predicted molar refractivity (Wildman–Crippen MR) is 57.4 cm³/mol. The summed E-state index contributed by atoms with van der Waals surface area (Å²) in [5, 5.41) is 9.01. The minimum Gasteiger partial charge on any atom is -0.394 e. The highest BCUT2D eigenvalue weighted by Crippen LogP contribution is 2.12. The first kappa shape index (κ1) is 12.0. The van der Waals surface area contributed by atoms with Crippen LogP contribution in [0.2, 0.25) is 0 Å². The molecule has 1 heterocycles. The van der Waals surface area contributed by atoms with Crippen LogP contribution in [0.3, 0.4) is 0 Å². The molecule has 0 radical (unpaired) electrons. The molecule has 0 aromatic heterocycles. The Morgan fingerprint density at radius 1 is 1.43 bits per heavy atom. The largest absolute Gasteiger partial charge is 0.394 e. The van der Waals surface area contributed by atoms with Crippen molar-refractivity contribution < 1.29 is 9.84 Å². The molecule has 1 fully saturated rings. The minimum atomic E-state index is 0.0350. The number of rotatable bonds is 5. The van der Waals surface area contributed by atoms with Gasteiger partial charge in [-0.05, 0) is 19.9 Å². The van der Waals surface area contributed by atoms with E-state index in [1.54, 1.807) is 0 Å². The van der Waals surface area contributed by atoms with Crippen molar-refractivity contribution in [2.24, 2.45) is 0 Å². The van der Waals surface area contributed by atoms with Crippen molar-refractivity contribution in [2.45, 2.75) is 45.3 Å². The molecule has 1 rings (SSSR count). The average molecular weight is 201 g/mol. The molecule has 0 aromatic carbocycles. The topological polar surface area (TPSA) is 32.7 Å². The van der Waals surface area contributed by atoms with Gasteiger partial charge < -0.3 is 9.84 Å². The van der Waals surface area contributed by atoms with Crippen LogP contribution < -0.4 is 0 Å². The summed E-state index contributed by atoms with van der Waals surface area (Å²) in [6.07, 6.45) is 3.86. The molecule has 0 spiro atoms. The normalized spacial score (nSPS) is 29.4. The number of aliphatic hydroxyl groups is 1. The zero-order valence-corrected chi connectivity index (χ0v) is 9.41. The van der Waals surface area contributed by atoms with Gasteiger partial charge in [-0.3, -0.25) is 4.90 Å². The molecule has 1 aliphatic heterocycles. The lowest BCUT2D eigenvalue weighted by Gasteiger charge is -2.37. The molecule has 0 amide bonds. The van der Waals surface area contributed by atoms with Gasteiger partial charge in [0.1, 0.15) is 0 Å². The van der Waals surface area contributed by atoms with E-state index in [0.717, 1.165) is 19.7 Å². The number of aliphatic hydroxyl groups excluding tert-OH is 1. The van der Waals surface area contributed by atoms with Gasteiger partial charge in [0.2, 0.25) is 0 Å². The Balaban J connectivity index is 2.25. The van der Waals surface area contributed by atoms with E-state index in [0.29, 0.717) is 6.04 Å². The summed E-state index contributed by atoms with van der Waals surface area (Å²) in [7, 11) is 0. The average Bonchev–Trinajstić information content (AvgIpc) is 2.21. The van der Waals surface area contributed by atoms with Crippen molar-refractivity contribution in [3.05, 3.63) is 0 Å². The molecule has 14 heavy (non-hydrogen) atoms. The van der Waals surface area contributed by atoms with Gasteiger partial charge in [0, 0.05) is 12.6 Å². The highest BCUT2D eigenvalue weighted by atomic mass is 16.5. The maximum absolute atomic E-state index is 9.01. The van der Waals surface area contributed by atoms with Gasteiger partial charge in [-0.25, -0.2) is 0 Å². The van der Waals surface area contributed by atoms with E-state index in [9.17, 15) is 0 Å². The third-order valence-electron chi connectivity index (χ3n) is 2.89. The van der Waals surface area contributed by atoms with Crippen molar-refractivity contribution >= 4 is 0 Å². The molecule has 1 aliphatic rings. The van der Waals surface area contributed by atoms with Gasteiger partial charge in [-0.2, -0.15) is 0 Å². The third kappa shape index (κ3) is 3.56. The summed E-state index contributed by atoms with van der Waals surface area (Å²) in [6, 6.07) is 0.509. The molecule has 84 valence electrons. The van der Waals surface area contributed by atoms with Crippen LogP contribution in [0.15, 0.2) is 0 Å². The zero-order chi connectivity index (χ0) is 10.4. The first-order chi connectivity index (χ1) is 6.77. The number of unbranched alkanes of at least 4 members (excludes halogenated alkanes) is 2. The van der Waals surface area contributed by atoms with E-state index >= 15 is 0 Å². The van der Waals surface area contributed by atoms with Gasteiger partial charge in [0.05, 0.1) is 19.3 Å². The molecule has 0 bridgehead atoms. The molecule has 2 unspecified atom stereocenters.